The molecule has 1 unspecified atom stereocenters. The summed E-state index contributed by atoms with van der Waals surface area (Å²) in [5.41, 5.74) is 3.00. The first-order valence-corrected chi connectivity index (χ1v) is 9.90. The topological polar surface area (TPSA) is 61.8 Å². The highest BCUT2D eigenvalue weighted by Crippen LogP contribution is 2.30. The molecule has 0 aliphatic carbocycles. The molecule has 1 aliphatic rings. The van der Waals surface area contributed by atoms with Crippen molar-refractivity contribution in [1.29, 1.82) is 0 Å². The molecule has 0 aromatic heterocycles. The van der Waals surface area contributed by atoms with E-state index >= 15 is 0 Å². The van der Waals surface area contributed by atoms with E-state index in [4.69, 9.17) is 11.6 Å². The third-order valence-electron chi connectivity index (χ3n) is 4.65. The van der Waals surface area contributed by atoms with Gasteiger partial charge in [0.05, 0.1) is 11.4 Å². The zero-order valence-corrected chi connectivity index (χ0v) is 16.9. The van der Waals surface area contributed by atoms with Crippen molar-refractivity contribution in [3.8, 4) is 0 Å². The van der Waals surface area contributed by atoms with Crippen LogP contribution in [0.25, 0.3) is 0 Å². The van der Waals surface area contributed by atoms with Gasteiger partial charge in [-0.25, -0.2) is 0 Å². The van der Waals surface area contributed by atoms with Crippen molar-refractivity contribution in [2.24, 2.45) is 4.99 Å². The van der Waals surface area contributed by atoms with E-state index in [2.05, 4.69) is 17.2 Å². The number of benzene rings is 2. The molecule has 1 N–H and O–H groups in total. The summed E-state index contributed by atoms with van der Waals surface area (Å²) in [7, 11) is 0. The van der Waals surface area contributed by atoms with Crippen molar-refractivity contribution < 1.29 is 9.59 Å². The monoisotopic (exact) mass is 397 g/mol. The number of halogens is 1. The van der Waals surface area contributed by atoms with E-state index < -0.39 is 6.04 Å². The van der Waals surface area contributed by atoms with Gasteiger partial charge in [-0.3, -0.25) is 14.6 Å². The van der Waals surface area contributed by atoms with Crippen LogP contribution in [-0.2, 0) is 9.59 Å². The molecule has 0 saturated carbocycles. The fourth-order valence-corrected chi connectivity index (χ4v) is 3.36. The van der Waals surface area contributed by atoms with Gasteiger partial charge in [0, 0.05) is 22.7 Å². The average molecular weight is 398 g/mol. The van der Waals surface area contributed by atoms with Gasteiger partial charge in [-0.05, 0) is 31.5 Å². The molecule has 6 heteroatoms. The molecule has 146 valence electrons. The Morgan fingerprint density at radius 1 is 1.21 bits per heavy atom. The van der Waals surface area contributed by atoms with E-state index in [1.165, 1.54) is 4.90 Å². The van der Waals surface area contributed by atoms with Gasteiger partial charge >= 0.3 is 0 Å². The Labute approximate surface area is 170 Å². The van der Waals surface area contributed by atoms with Crippen LogP contribution >= 0.6 is 11.6 Å². The van der Waals surface area contributed by atoms with Crippen LogP contribution in [0.5, 0.6) is 0 Å². The molecule has 5 nitrogen and oxygen atoms in total. The first kappa shape index (κ1) is 20.1. The summed E-state index contributed by atoms with van der Waals surface area (Å²) in [6.07, 6.45) is 1.90. The number of hydrogen-bond donors (Lipinski definition) is 1. The minimum absolute atomic E-state index is 0.0425. The first-order valence-electron chi connectivity index (χ1n) is 9.52. The summed E-state index contributed by atoms with van der Waals surface area (Å²) in [5.74, 6) is -0.391. The van der Waals surface area contributed by atoms with Gasteiger partial charge in [-0.15, -0.1) is 0 Å². The van der Waals surface area contributed by atoms with Crippen molar-refractivity contribution in [2.45, 2.75) is 32.7 Å². The molecule has 2 aromatic carbocycles. The predicted octanol–water partition coefficient (Wildman–Crippen LogP) is 3.83. The number of amides is 2. The van der Waals surface area contributed by atoms with Crippen molar-refractivity contribution in [3.05, 3.63) is 64.7 Å². The van der Waals surface area contributed by atoms with E-state index in [0.717, 1.165) is 24.0 Å². The fraction of sp³-hybridized carbons (Fsp3) is 0.318. The highest BCUT2D eigenvalue weighted by molar-refractivity contribution is 6.32. The molecular weight excluding hydrogens is 374 g/mol. The Kier molecular flexibility index (Phi) is 6.47. The summed E-state index contributed by atoms with van der Waals surface area (Å²) >= 11 is 6.26. The maximum absolute atomic E-state index is 13.0. The van der Waals surface area contributed by atoms with Crippen LogP contribution in [0.3, 0.4) is 0 Å². The van der Waals surface area contributed by atoms with E-state index in [1.807, 2.05) is 30.3 Å². The summed E-state index contributed by atoms with van der Waals surface area (Å²) in [5, 5.41) is 3.43. The van der Waals surface area contributed by atoms with Gasteiger partial charge in [-0.2, -0.15) is 0 Å². The fourth-order valence-electron chi connectivity index (χ4n) is 3.19. The standard InChI is InChI=1S/C22H24ClN3O2/c1-3-4-12-24-20(27)14-26-19-11-10-17(23)13-18(19)21(25-15(2)22(26)28)16-8-6-5-7-9-16/h5-11,13,15H,3-4,12,14H2,1-2H3,(H,24,27). The number of nitrogens with zero attached hydrogens (tertiary/aromatic N) is 2. The minimum Gasteiger partial charge on any atom is -0.355 e. The molecule has 2 aromatic rings. The highest BCUT2D eigenvalue weighted by Gasteiger charge is 2.31. The second kappa shape index (κ2) is 9.02. The van der Waals surface area contributed by atoms with Crippen LogP contribution in [-0.4, -0.2) is 36.7 Å². The van der Waals surface area contributed by atoms with Gasteiger partial charge in [0.1, 0.15) is 12.6 Å². The molecule has 1 heterocycles. The average Bonchev–Trinajstić information content (AvgIpc) is 2.79. The summed E-state index contributed by atoms with van der Waals surface area (Å²) in [4.78, 5) is 31.6. The van der Waals surface area contributed by atoms with Crippen LogP contribution in [0.2, 0.25) is 5.02 Å². The molecule has 3 rings (SSSR count). The quantitative estimate of drug-likeness (QED) is 0.753. The minimum atomic E-state index is -0.607. The summed E-state index contributed by atoms with van der Waals surface area (Å²) in [6.45, 7) is 4.38. The SMILES string of the molecule is CCCCNC(=O)CN1C(=O)C(C)N=C(c2ccccc2)c2cc(Cl)ccc21. The molecule has 0 spiro atoms. The van der Waals surface area contributed by atoms with E-state index in [1.54, 1.807) is 25.1 Å². The second-order valence-corrected chi connectivity index (χ2v) is 7.25. The van der Waals surface area contributed by atoms with Gasteiger partial charge in [0.2, 0.25) is 5.91 Å². The molecule has 28 heavy (non-hydrogen) atoms. The number of anilines is 1. The Morgan fingerprint density at radius 2 is 1.96 bits per heavy atom. The van der Waals surface area contributed by atoms with Crippen LogP contribution < -0.4 is 10.2 Å². The van der Waals surface area contributed by atoms with Crippen LogP contribution in [0.1, 0.15) is 37.8 Å². The number of carbonyl (C=O) groups is 2. The predicted molar refractivity (Wildman–Crippen MR) is 113 cm³/mol. The molecule has 0 bridgehead atoms. The third kappa shape index (κ3) is 4.42. The highest BCUT2D eigenvalue weighted by atomic mass is 35.5. The molecule has 1 aliphatic heterocycles. The Morgan fingerprint density at radius 3 is 2.68 bits per heavy atom. The molecule has 0 radical (unpaired) electrons. The van der Waals surface area contributed by atoms with E-state index in [9.17, 15) is 9.59 Å². The molecule has 0 fully saturated rings. The van der Waals surface area contributed by atoms with E-state index in [0.29, 0.717) is 23.0 Å². The number of hydrogen-bond acceptors (Lipinski definition) is 3. The summed E-state index contributed by atoms with van der Waals surface area (Å²) < 4.78 is 0. The number of rotatable bonds is 6. The van der Waals surface area contributed by atoms with Gasteiger partial charge in [0.25, 0.3) is 5.91 Å². The Bertz CT molecular complexity index is 896. The third-order valence-corrected chi connectivity index (χ3v) is 4.89. The van der Waals surface area contributed by atoms with Crippen molar-refractivity contribution in [2.75, 3.05) is 18.0 Å². The lowest BCUT2D eigenvalue weighted by Gasteiger charge is -2.24. The van der Waals surface area contributed by atoms with Crippen molar-refractivity contribution in [1.82, 2.24) is 5.32 Å². The number of unbranched alkanes of at least 4 members (excludes halogenated alkanes) is 1. The zero-order chi connectivity index (χ0) is 20.1. The lowest BCUT2D eigenvalue weighted by Crippen LogP contribution is -2.44. The smallest absolute Gasteiger partial charge is 0.252 e. The molecule has 2 amide bonds. The first-order chi connectivity index (χ1) is 13.5. The number of carbonyl (C=O) groups excluding carboxylic acids is 2. The lowest BCUT2D eigenvalue weighted by atomic mass is 10.00. The maximum atomic E-state index is 13.0. The number of nitrogens with one attached hydrogen (secondary N) is 1. The van der Waals surface area contributed by atoms with Crippen LogP contribution in [0.15, 0.2) is 53.5 Å². The van der Waals surface area contributed by atoms with Crippen LogP contribution in [0, 0.1) is 0 Å². The van der Waals surface area contributed by atoms with Gasteiger partial charge in [0.15, 0.2) is 0 Å². The molecule has 0 saturated heterocycles. The maximum Gasteiger partial charge on any atom is 0.252 e. The van der Waals surface area contributed by atoms with E-state index in [-0.39, 0.29) is 18.4 Å². The van der Waals surface area contributed by atoms with Gasteiger partial charge < -0.3 is 10.2 Å². The van der Waals surface area contributed by atoms with Gasteiger partial charge in [-0.1, -0.05) is 55.3 Å². The normalized spacial score (nSPS) is 16.2. The Hall–Kier alpha value is -2.66. The number of fused-ring (bicyclic) bond motifs is 1. The zero-order valence-electron chi connectivity index (χ0n) is 16.1. The Balaban J connectivity index is 2.01. The number of benzodiazepines with no additional fused rings is 1. The molecular formula is C22H24ClN3O2. The molecule has 1 atom stereocenters. The largest absolute Gasteiger partial charge is 0.355 e. The van der Waals surface area contributed by atoms with Crippen molar-refractivity contribution in [3.63, 3.8) is 0 Å². The van der Waals surface area contributed by atoms with Crippen molar-refractivity contribution >= 4 is 34.8 Å². The second-order valence-electron chi connectivity index (χ2n) is 6.81. The number of aliphatic imine (C=N–C) groups is 1. The lowest BCUT2D eigenvalue weighted by molar-refractivity contribution is -0.124. The van der Waals surface area contributed by atoms with Crippen LogP contribution in [0.4, 0.5) is 5.69 Å². The summed E-state index contributed by atoms with van der Waals surface area (Å²) in [6, 6.07) is 14.4.